The van der Waals surface area contributed by atoms with E-state index < -0.39 is 10.0 Å². The molecule has 0 saturated heterocycles. The molecule has 25 heavy (non-hydrogen) atoms. The van der Waals surface area contributed by atoms with E-state index in [0.717, 1.165) is 11.3 Å². The minimum atomic E-state index is -3.58. The van der Waals surface area contributed by atoms with Crippen molar-refractivity contribution in [2.45, 2.75) is 24.1 Å². The normalized spacial score (nSPS) is 11.7. The Kier molecular flexibility index (Phi) is 5.11. The number of aromatic nitrogens is 4. The molecule has 3 rings (SSSR count). The van der Waals surface area contributed by atoms with E-state index in [4.69, 9.17) is 0 Å². The molecule has 0 amide bonds. The number of thiophene rings is 1. The van der Waals surface area contributed by atoms with Gasteiger partial charge in [-0.15, -0.1) is 16.4 Å². The molecule has 0 unspecified atom stereocenters. The molecule has 0 bridgehead atoms. The highest BCUT2D eigenvalue weighted by Crippen LogP contribution is 2.21. The zero-order valence-corrected chi connectivity index (χ0v) is 15.1. The van der Waals surface area contributed by atoms with Crippen molar-refractivity contribution >= 4 is 21.4 Å². The molecule has 3 heterocycles. The molecular formula is C15H17N5O3S2. The van der Waals surface area contributed by atoms with E-state index in [2.05, 4.69) is 14.9 Å². The lowest BCUT2D eigenvalue weighted by Crippen LogP contribution is -2.32. The van der Waals surface area contributed by atoms with Gasteiger partial charge in [0, 0.05) is 29.9 Å². The maximum atomic E-state index is 12.3. The van der Waals surface area contributed by atoms with Gasteiger partial charge in [0.05, 0.1) is 6.54 Å². The standard InChI is InChI=1S/C15H17N5O3S2/c1-2-12-4-7-15(24-12)25(22,23)17-9-11-20-14(21)6-5-13(18-20)19-10-3-8-16-19/h3-8,10,17H,2,9,11H2,1H3. The molecule has 3 aromatic heterocycles. The Balaban J connectivity index is 1.69. The second-order valence-corrected chi connectivity index (χ2v) is 8.34. The van der Waals surface area contributed by atoms with Crippen LogP contribution in [0.4, 0.5) is 0 Å². The zero-order chi connectivity index (χ0) is 17.9. The monoisotopic (exact) mass is 379 g/mol. The van der Waals surface area contributed by atoms with E-state index in [-0.39, 0.29) is 22.9 Å². The summed E-state index contributed by atoms with van der Waals surface area (Å²) in [7, 11) is -3.58. The van der Waals surface area contributed by atoms with Crippen molar-refractivity contribution in [2.24, 2.45) is 0 Å². The first-order valence-electron chi connectivity index (χ1n) is 7.66. The molecule has 1 N–H and O–H groups in total. The van der Waals surface area contributed by atoms with Crippen LogP contribution in [0.3, 0.4) is 0 Å². The average Bonchev–Trinajstić information content (AvgIpc) is 3.28. The van der Waals surface area contributed by atoms with E-state index in [1.165, 1.54) is 26.8 Å². The summed E-state index contributed by atoms with van der Waals surface area (Å²) < 4.78 is 30.1. The molecule has 0 aliphatic carbocycles. The number of aryl methyl sites for hydroxylation is 1. The lowest BCUT2D eigenvalue weighted by atomic mass is 10.4. The molecular weight excluding hydrogens is 362 g/mol. The fourth-order valence-corrected chi connectivity index (χ4v) is 4.54. The Hall–Kier alpha value is -2.30. The predicted molar refractivity (Wildman–Crippen MR) is 94.5 cm³/mol. The van der Waals surface area contributed by atoms with Crippen molar-refractivity contribution in [3.05, 3.63) is 58.0 Å². The van der Waals surface area contributed by atoms with Crippen molar-refractivity contribution in [3.63, 3.8) is 0 Å². The van der Waals surface area contributed by atoms with Crippen LogP contribution in [0.15, 0.2) is 51.7 Å². The molecule has 8 nitrogen and oxygen atoms in total. The first-order chi connectivity index (χ1) is 12.0. The van der Waals surface area contributed by atoms with Gasteiger partial charge in [0.1, 0.15) is 4.21 Å². The van der Waals surface area contributed by atoms with E-state index in [1.807, 2.05) is 6.92 Å². The summed E-state index contributed by atoms with van der Waals surface area (Å²) in [5, 5.41) is 8.25. The first-order valence-corrected chi connectivity index (χ1v) is 9.96. The maximum Gasteiger partial charge on any atom is 0.266 e. The van der Waals surface area contributed by atoms with E-state index in [9.17, 15) is 13.2 Å². The van der Waals surface area contributed by atoms with Crippen molar-refractivity contribution in [1.29, 1.82) is 0 Å². The van der Waals surface area contributed by atoms with Gasteiger partial charge in [-0.05, 0) is 30.7 Å². The predicted octanol–water partition coefficient (Wildman–Crippen LogP) is 1.03. The van der Waals surface area contributed by atoms with Gasteiger partial charge in [-0.25, -0.2) is 22.5 Å². The lowest BCUT2D eigenvalue weighted by molar-refractivity contribution is 0.543. The van der Waals surface area contributed by atoms with Gasteiger partial charge in [0.15, 0.2) is 5.82 Å². The maximum absolute atomic E-state index is 12.3. The van der Waals surface area contributed by atoms with Crippen molar-refractivity contribution < 1.29 is 8.42 Å². The molecule has 0 aromatic carbocycles. The molecule has 0 spiro atoms. The highest BCUT2D eigenvalue weighted by atomic mass is 32.2. The van der Waals surface area contributed by atoms with E-state index in [1.54, 1.807) is 36.7 Å². The first kappa shape index (κ1) is 17.5. The quantitative estimate of drug-likeness (QED) is 0.661. The van der Waals surface area contributed by atoms with Gasteiger partial charge in [-0.3, -0.25) is 4.79 Å². The Bertz CT molecular complexity index is 1010. The van der Waals surface area contributed by atoms with Gasteiger partial charge < -0.3 is 0 Å². The summed E-state index contributed by atoms with van der Waals surface area (Å²) in [5.41, 5.74) is -0.306. The second kappa shape index (κ2) is 7.30. The minimum absolute atomic E-state index is 0.0666. The smallest absolute Gasteiger partial charge is 0.266 e. The van der Waals surface area contributed by atoms with Crippen LogP contribution < -0.4 is 10.3 Å². The Morgan fingerprint density at radius 3 is 2.76 bits per heavy atom. The van der Waals surface area contributed by atoms with Crippen LogP contribution in [-0.4, -0.2) is 34.5 Å². The summed E-state index contributed by atoms with van der Waals surface area (Å²) in [6.07, 6.45) is 4.11. The number of rotatable bonds is 7. The average molecular weight is 379 g/mol. The summed E-state index contributed by atoms with van der Waals surface area (Å²) in [4.78, 5) is 12.9. The van der Waals surface area contributed by atoms with Gasteiger partial charge in [-0.1, -0.05) is 6.92 Å². The third-order valence-corrected chi connectivity index (χ3v) is 6.64. The zero-order valence-electron chi connectivity index (χ0n) is 13.5. The topological polar surface area (TPSA) is 98.9 Å². The van der Waals surface area contributed by atoms with Gasteiger partial charge in [-0.2, -0.15) is 5.10 Å². The van der Waals surface area contributed by atoms with Gasteiger partial charge in [0.2, 0.25) is 10.0 Å². The van der Waals surface area contributed by atoms with Crippen LogP contribution in [0, 0.1) is 0 Å². The molecule has 0 aliphatic heterocycles. The largest absolute Gasteiger partial charge is 0.268 e. The third kappa shape index (κ3) is 4.03. The van der Waals surface area contributed by atoms with Crippen LogP contribution in [0.25, 0.3) is 5.82 Å². The van der Waals surface area contributed by atoms with Crippen LogP contribution >= 0.6 is 11.3 Å². The third-order valence-electron chi connectivity index (χ3n) is 3.46. The number of hydrogen-bond acceptors (Lipinski definition) is 6. The fourth-order valence-electron chi connectivity index (χ4n) is 2.17. The summed E-state index contributed by atoms with van der Waals surface area (Å²) in [6, 6.07) is 8.09. The number of hydrogen-bond donors (Lipinski definition) is 1. The number of sulfonamides is 1. The number of nitrogens with zero attached hydrogens (tertiary/aromatic N) is 4. The molecule has 0 aliphatic rings. The molecule has 0 atom stereocenters. The van der Waals surface area contributed by atoms with Gasteiger partial charge >= 0.3 is 0 Å². The Morgan fingerprint density at radius 2 is 2.08 bits per heavy atom. The van der Waals surface area contributed by atoms with E-state index >= 15 is 0 Å². The van der Waals surface area contributed by atoms with Crippen LogP contribution in [0.5, 0.6) is 0 Å². The molecule has 0 fully saturated rings. The highest BCUT2D eigenvalue weighted by Gasteiger charge is 2.16. The SMILES string of the molecule is CCc1ccc(S(=O)(=O)NCCn2nc(-n3cccn3)ccc2=O)s1. The van der Waals surface area contributed by atoms with Crippen molar-refractivity contribution in [2.75, 3.05) is 6.54 Å². The minimum Gasteiger partial charge on any atom is -0.268 e. The van der Waals surface area contributed by atoms with Crippen molar-refractivity contribution in [1.82, 2.24) is 24.3 Å². The molecule has 0 saturated carbocycles. The number of nitrogens with one attached hydrogen (secondary N) is 1. The molecule has 132 valence electrons. The summed E-state index contributed by atoms with van der Waals surface area (Å²) in [6.45, 7) is 2.16. The van der Waals surface area contributed by atoms with Crippen LogP contribution in [-0.2, 0) is 23.0 Å². The Labute approximate surface area is 148 Å². The van der Waals surface area contributed by atoms with Crippen LogP contribution in [0.2, 0.25) is 0 Å². The van der Waals surface area contributed by atoms with E-state index in [0.29, 0.717) is 5.82 Å². The van der Waals surface area contributed by atoms with Gasteiger partial charge in [0.25, 0.3) is 5.56 Å². The second-order valence-electron chi connectivity index (χ2n) is 5.18. The van der Waals surface area contributed by atoms with Crippen LogP contribution in [0.1, 0.15) is 11.8 Å². The fraction of sp³-hybridized carbons (Fsp3) is 0.267. The summed E-state index contributed by atoms with van der Waals surface area (Å²) in [5.74, 6) is 0.485. The van der Waals surface area contributed by atoms with Crippen molar-refractivity contribution in [3.8, 4) is 5.82 Å². The highest BCUT2D eigenvalue weighted by molar-refractivity contribution is 7.91. The molecule has 3 aromatic rings. The summed E-state index contributed by atoms with van der Waals surface area (Å²) >= 11 is 1.24. The lowest BCUT2D eigenvalue weighted by Gasteiger charge is -2.08. The Morgan fingerprint density at radius 1 is 1.24 bits per heavy atom. The molecule has 0 radical (unpaired) electrons. The molecule has 10 heteroatoms.